The summed E-state index contributed by atoms with van der Waals surface area (Å²) in [7, 11) is 0. The van der Waals surface area contributed by atoms with E-state index in [1.54, 1.807) is 6.92 Å². The van der Waals surface area contributed by atoms with Gasteiger partial charge in [0.2, 0.25) is 5.91 Å². The van der Waals surface area contributed by atoms with Crippen molar-refractivity contribution in [3.05, 3.63) is 0 Å². The van der Waals surface area contributed by atoms with Crippen LogP contribution in [-0.4, -0.2) is 23.4 Å². The Morgan fingerprint density at radius 2 is 2.00 bits per heavy atom. The van der Waals surface area contributed by atoms with Crippen LogP contribution in [0.5, 0.6) is 0 Å². The van der Waals surface area contributed by atoms with E-state index in [-0.39, 0.29) is 20.8 Å². The third kappa shape index (κ3) is 1.62. The molecule has 0 aromatic rings. The van der Waals surface area contributed by atoms with E-state index < -0.39 is 0 Å². The average molecular weight is 171 g/mol. The van der Waals surface area contributed by atoms with Crippen molar-refractivity contribution in [1.29, 1.82) is 0 Å². The van der Waals surface area contributed by atoms with E-state index >= 15 is 0 Å². The fourth-order valence-corrected chi connectivity index (χ4v) is 2.31. The predicted octanol–water partition coefficient (Wildman–Crippen LogP) is 2.29. The number of hydrogen-bond donors (Lipinski definition) is 0. The van der Waals surface area contributed by atoms with E-state index in [4.69, 9.17) is 0 Å². The van der Waals surface area contributed by atoms with Gasteiger partial charge in [0, 0.05) is 19.5 Å². The minimum absolute atomic E-state index is 0. The van der Waals surface area contributed by atoms with Crippen molar-refractivity contribution >= 4 is 5.91 Å². The topological polar surface area (TPSA) is 20.3 Å². The molecule has 1 aliphatic carbocycles. The Morgan fingerprint density at radius 3 is 2.25 bits per heavy atom. The highest BCUT2D eigenvalue weighted by atomic mass is 16.2. The van der Waals surface area contributed by atoms with Crippen molar-refractivity contribution in [2.24, 2.45) is 5.92 Å². The number of rotatable bonds is 0. The molecule has 1 amide bonds. The SMILES string of the molecule is C.C.CC(=O)N1CC2CCC1C2. The minimum atomic E-state index is 0. The van der Waals surface area contributed by atoms with Gasteiger partial charge in [-0.2, -0.15) is 0 Å². The highest BCUT2D eigenvalue weighted by Crippen LogP contribution is 2.37. The molecule has 2 bridgehead atoms. The molecule has 0 aromatic heterocycles. The van der Waals surface area contributed by atoms with Crippen LogP contribution in [0.2, 0.25) is 0 Å². The zero-order chi connectivity index (χ0) is 7.14. The van der Waals surface area contributed by atoms with E-state index in [0.29, 0.717) is 6.04 Å². The lowest BCUT2D eigenvalue weighted by Gasteiger charge is -2.25. The highest BCUT2D eigenvalue weighted by Gasteiger charge is 2.38. The molecule has 72 valence electrons. The highest BCUT2D eigenvalue weighted by molar-refractivity contribution is 5.74. The van der Waals surface area contributed by atoms with Crippen LogP contribution in [0.25, 0.3) is 0 Å². The predicted molar refractivity (Wildman–Crippen MR) is 52.0 cm³/mol. The van der Waals surface area contributed by atoms with Crippen LogP contribution in [0.1, 0.15) is 41.0 Å². The molecule has 0 spiro atoms. The molecule has 2 aliphatic rings. The van der Waals surface area contributed by atoms with Crippen LogP contribution < -0.4 is 0 Å². The Balaban J connectivity index is 0.000000605. The Labute approximate surface area is 75.9 Å². The summed E-state index contributed by atoms with van der Waals surface area (Å²) in [4.78, 5) is 13.0. The van der Waals surface area contributed by atoms with Crippen molar-refractivity contribution in [3.63, 3.8) is 0 Å². The normalized spacial score (nSPS) is 30.9. The van der Waals surface area contributed by atoms with Gasteiger partial charge in [0.25, 0.3) is 0 Å². The van der Waals surface area contributed by atoms with Crippen LogP contribution in [-0.2, 0) is 4.79 Å². The first-order chi connectivity index (χ1) is 4.77. The molecule has 1 saturated carbocycles. The molecule has 0 radical (unpaired) electrons. The second-order valence-corrected chi connectivity index (χ2v) is 3.50. The summed E-state index contributed by atoms with van der Waals surface area (Å²) >= 11 is 0. The van der Waals surface area contributed by atoms with E-state index in [1.807, 2.05) is 4.90 Å². The van der Waals surface area contributed by atoms with E-state index in [0.717, 1.165) is 12.5 Å². The molecule has 0 aromatic carbocycles. The Hall–Kier alpha value is -0.530. The molecule has 2 heteroatoms. The van der Waals surface area contributed by atoms with Gasteiger partial charge < -0.3 is 4.90 Å². The average Bonchev–Trinajstić information content (AvgIpc) is 2.44. The zero-order valence-electron chi connectivity index (χ0n) is 6.34. The number of fused-ring (bicyclic) bond motifs is 2. The van der Waals surface area contributed by atoms with Gasteiger partial charge in [-0.15, -0.1) is 0 Å². The lowest BCUT2D eigenvalue weighted by Crippen LogP contribution is -2.35. The van der Waals surface area contributed by atoms with E-state index in [1.165, 1.54) is 19.3 Å². The number of likely N-dealkylation sites (tertiary alicyclic amines) is 1. The maximum Gasteiger partial charge on any atom is 0.219 e. The Morgan fingerprint density at radius 1 is 1.33 bits per heavy atom. The summed E-state index contributed by atoms with van der Waals surface area (Å²) in [5.74, 6) is 1.11. The minimum Gasteiger partial charge on any atom is -0.340 e. The molecular formula is C10H21NO. The van der Waals surface area contributed by atoms with Crippen molar-refractivity contribution in [2.75, 3.05) is 6.54 Å². The van der Waals surface area contributed by atoms with Gasteiger partial charge in [0.1, 0.15) is 0 Å². The van der Waals surface area contributed by atoms with Gasteiger partial charge >= 0.3 is 0 Å². The van der Waals surface area contributed by atoms with Crippen molar-refractivity contribution in [1.82, 2.24) is 4.90 Å². The van der Waals surface area contributed by atoms with Gasteiger partial charge in [0.15, 0.2) is 0 Å². The Kier molecular flexibility index (Phi) is 3.75. The van der Waals surface area contributed by atoms with Gasteiger partial charge in [-0.3, -0.25) is 4.79 Å². The molecule has 2 fully saturated rings. The zero-order valence-corrected chi connectivity index (χ0v) is 6.34. The second-order valence-electron chi connectivity index (χ2n) is 3.50. The third-order valence-electron chi connectivity index (χ3n) is 2.81. The number of hydrogen-bond acceptors (Lipinski definition) is 1. The van der Waals surface area contributed by atoms with Gasteiger partial charge in [-0.1, -0.05) is 14.9 Å². The first-order valence-electron chi connectivity index (χ1n) is 4.04. The van der Waals surface area contributed by atoms with Crippen molar-refractivity contribution < 1.29 is 4.79 Å². The van der Waals surface area contributed by atoms with Crippen molar-refractivity contribution in [3.8, 4) is 0 Å². The summed E-state index contributed by atoms with van der Waals surface area (Å²) in [6.07, 6.45) is 3.89. The summed E-state index contributed by atoms with van der Waals surface area (Å²) in [5, 5.41) is 0. The third-order valence-corrected chi connectivity index (χ3v) is 2.81. The van der Waals surface area contributed by atoms with Gasteiger partial charge in [-0.25, -0.2) is 0 Å². The van der Waals surface area contributed by atoms with Crippen LogP contribution in [0, 0.1) is 5.92 Å². The van der Waals surface area contributed by atoms with E-state index in [2.05, 4.69) is 0 Å². The van der Waals surface area contributed by atoms with Gasteiger partial charge in [0.05, 0.1) is 0 Å². The van der Waals surface area contributed by atoms with Crippen molar-refractivity contribution in [2.45, 2.75) is 47.1 Å². The van der Waals surface area contributed by atoms with Crippen LogP contribution in [0.3, 0.4) is 0 Å². The molecule has 2 atom stereocenters. The summed E-state index contributed by atoms with van der Waals surface area (Å²) < 4.78 is 0. The van der Waals surface area contributed by atoms with E-state index in [9.17, 15) is 4.79 Å². The maximum atomic E-state index is 11.0. The standard InChI is InChI=1S/C8H13NO.2CH4/c1-6(10)9-5-7-2-3-8(9)4-7;;/h7-8H,2-5H2,1H3;2*1H4. The van der Waals surface area contributed by atoms with Gasteiger partial charge in [-0.05, 0) is 25.2 Å². The summed E-state index contributed by atoms with van der Waals surface area (Å²) in [5.41, 5.74) is 0. The molecule has 2 rings (SSSR count). The second kappa shape index (κ2) is 3.92. The molecule has 12 heavy (non-hydrogen) atoms. The number of carbonyl (C=O) groups excluding carboxylic acids is 1. The fourth-order valence-electron chi connectivity index (χ4n) is 2.31. The first-order valence-corrected chi connectivity index (χ1v) is 4.04. The Bertz CT molecular complexity index is 167. The molecule has 1 saturated heterocycles. The lowest BCUT2D eigenvalue weighted by molar-refractivity contribution is -0.130. The molecule has 1 heterocycles. The number of nitrogens with zero attached hydrogens (tertiary/aromatic N) is 1. The summed E-state index contributed by atoms with van der Waals surface area (Å²) in [6.45, 7) is 2.72. The summed E-state index contributed by atoms with van der Waals surface area (Å²) in [6, 6.07) is 0.613. The smallest absolute Gasteiger partial charge is 0.219 e. The number of carbonyl (C=O) groups is 1. The van der Waals surface area contributed by atoms with Crippen LogP contribution in [0.15, 0.2) is 0 Å². The monoisotopic (exact) mass is 171 g/mol. The molecular weight excluding hydrogens is 150 g/mol. The van der Waals surface area contributed by atoms with Crippen LogP contribution in [0.4, 0.5) is 0 Å². The molecule has 1 aliphatic heterocycles. The first kappa shape index (κ1) is 11.5. The number of piperidine rings is 1. The molecule has 2 nitrogen and oxygen atoms in total. The lowest BCUT2D eigenvalue weighted by atomic mass is 10.1. The quantitative estimate of drug-likeness (QED) is 0.547. The molecule has 2 unspecified atom stereocenters. The molecule has 0 N–H and O–H groups in total. The van der Waals surface area contributed by atoms with Crippen LogP contribution >= 0.6 is 0 Å². The largest absolute Gasteiger partial charge is 0.340 e. The maximum absolute atomic E-state index is 11.0. The fraction of sp³-hybridized carbons (Fsp3) is 0.900. The number of amides is 1.